The Hall–Kier alpha value is -3.24. The molecule has 1 saturated heterocycles. The summed E-state index contributed by atoms with van der Waals surface area (Å²) in [6.07, 6.45) is 1.94. The van der Waals surface area contributed by atoms with Crippen molar-refractivity contribution in [2.24, 2.45) is 11.7 Å². The number of primary amides is 1. The fourth-order valence-electron chi connectivity index (χ4n) is 3.85. The number of aliphatic hydroxyl groups is 1. The molecule has 1 aliphatic heterocycles. The zero-order valence-corrected chi connectivity index (χ0v) is 16.5. The SMILES string of the molecule is NC(=O)c1oc2c(F)cc(F)cc2c1NC(=O)c1ccc(CN2CCCC(CO)C2)o1. The number of nitrogens with one attached hydrogen (secondary N) is 1. The number of nitrogens with two attached hydrogens (primary N) is 1. The van der Waals surface area contributed by atoms with Crippen molar-refractivity contribution in [3.63, 3.8) is 0 Å². The highest BCUT2D eigenvalue weighted by atomic mass is 19.1. The first-order valence-corrected chi connectivity index (χ1v) is 9.80. The van der Waals surface area contributed by atoms with E-state index in [1.54, 1.807) is 6.07 Å². The maximum Gasteiger partial charge on any atom is 0.291 e. The molecule has 1 unspecified atom stereocenters. The largest absolute Gasteiger partial charge is 0.455 e. The molecule has 0 aliphatic carbocycles. The van der Waals surface area contributed by atoms with Crippen LogP contribution in [0, 0.1) is 17.6 Å². The first-order valence-electron chi connectivity index (χ1n) is 9.80. The molecule has 1 aromatic carbocycles. The Kier molecular flexibility index (Phi) is 5.75. The molecule has 0 radical (unpaired) electrons. The fourth-order valence-corrected chi connectivity index (χ4v) is 3.85. The second-order valence-corrected chi connectivity index (χ2v) is 7.58. The van der Waals surface area contributed by atoms with Crippen LogP contribution >= 0.6 is 0 Å². The Labute approximate surface area is 175 Å². The number of carbonyl (C=O) groups is 2. The second-order valence-electron chi connectivity index (χ2n) is 7.58. The third-order valence-corrected chi connectivity index (χ3v) is 5.30. The van der Waals surface area contributed by atoms with Crippen LogP contribution < -0.4 is 11.1 Å². The average molecular weight is 433 g/mol. The Morgan fingerprint density at radius 1 is 1.26 bits per heavy atom. The average Bonchev–Trinajstić information content (AvgIpc) is 3.33. The van der Waals surface area contributed by atoms with Gasteiger partial charge in [0.2, 0.25) is 5.76 Å². The number of aliphatic hydroxyl groups excluding tert-OH is 1. The predicted molar refractivity (Wildman–Crippen MR) is 106 cm³/mol. The number of hydrogen-bond donors (Lipinski definition) is 3. The van der Waals surface area contributed by atoms with Gasteiger partial charge in [0.05, 0.1) is 11.9 Å². The smallest absolute Gasteiger partial charge is 0.291 e. The van der Waals surface area contributed by atoms with Crippen molar-refractivity contribution in [1.82, 2.24) is 4.90 Å². The van der Waals surface area contributed by atoms with E-state index in [2.05, 4.69) is 10.2 Å². The highest BCUT2D eigenvalue weighted by Crippen LogP contribution is 2.33. The van der Waals surface area contributed by atoms with Crippen molar-refractivity contribution < 1.29 is 32.3 Å². The molecular weight excluding hydrogens is 412 g/mol. The molecule has 2 amide bonds. The molecule has 3 heterocycles. The van der Waals surface area contributed by atoms with Gasteiger partial charge < -0.3 is 25.0 Å². The van der Waals surface area contributed by atoms with Gasteiger partial charge >= 0.3 is 0 Å². The van der Waals surface area contributed by atoms with E-state index in [0.29, 0.717) is 18.4 Å². The standard InChI is InChI=1S/C21H21F2N3O5/c22-12-6-14-17(19(20(24)28)31-18(14)15(23)7-12)25-21(29)16-4-3-13(30-16)9-26-5-1-2-11(8-26)10-27/h3-4,6-7,11,27H,1-2,5,8-10H2,(H2,24,28)(H,25,29). The zero-order valence-electron chi connectivity index (χ0n) is 16.5. The number of hydrogen-bond acceptors (Lipinski definition) is 6. The molecule has 0 spiro atoms. The Morgan fingerprint density at radius 3 is 2.81 bits per heavy atom. The van der Waals surface area contributed by atoms with Crippen molar-refractivity contribution in [1.29, 1.82) is 0 Å². The van der Waals surface area contributed by atoms with E-state index in [9.17, 15) is 23.5 Å². The molecule has 164 valence electrons. The van der Waals surface area contributed by atoms with E-state index in [4.69, 9.17) is 14.6 Å². The molecule has 8 nitrogen and oxygen atoms in total. The van der Waals surface area contributed by atoms with Gasteiger partial charge in [-0.2, -0.15) is 0 Å². The first kappa shape index (κ1) is 21.0. The zero-order chi connectivity index (χ0) is 22.1. The highest BCUT2D eigenvalue weighted by molar-refractivity contribution is 6.13. The summed E-state index contributed by atoms with van der Waals surface area (Å²) in [5.41, 5.74) is 4.64. The first-order chi connectivity index (χ1) is 14.9. The Balaban J connectivity index is 1.55. The van der Waals surface area contributed by atoms with Crippen molar-refractivity contribution in [3.05, 3.63) is 53.2 Å². The monoisotopic (exact) mass is 433 g/mol. The van der Waals surface area contributed by atoms with Crippen molar-refractivity contribution in [2.45, 2.75) is 19.4 Å². The molecule has 3 aromatic rings. The summed E-state index contributed by atoms with van der Waals surface area (Å²) in [4.78, 5) is 26.5. The van der Waals surface area contributed by atoms with Gasteiger partial charge in [0.15, 0.2) is 17.2 Å². The molecule has 1 aliphatic rings. The normalized spacial score (nSPS) is 17.2. The van der Waals surface area contributed by atoms with Gasteiger partial charge in [-0.25, -0.2) is 8.78 Å². The summed E-state index contributed by atoms with van der Waals surface area (Å²) in [7, 11) is 0. The summed E-state index contributed by atoms with van der Waals surface area (Å²) in [5.74, 6) is -3.48. The third-order valence-electron chi connectivity index (χ3n) is 5.30. The van der Waals surface area contributed by atoms with Crippen LogP contribution in [0.3, 0.4) is 0 Å². The number of nitrogens with zero attached hydrogens (tertiary/aromatic N) is 1. The quantitative estimate of drug-likeness (QED) is 0.550. The van der Waals surface area contributed by atoms with Gasteiger partial charge in [0, 0.05) is 19.2 Å². The van der Waals surface area contributed by atoms with Crippen molar-refractivity contribution in [2.75, 3.05) is 25.0 Å². The van der Waals surface area contributed by atoms with Crippen LogP contribution in [0.4, 0.5) is 14.5 Å². The Morgan fingerprint density at radius 2 is 2.06 bits per heavy atom. The summed E-state index contributed by atoms with van der Waals surface area (Å²) < 4.78 is 38.4. The molecule has 2 aromatic heterocycles. The summed E-state index contributed by atoms with van der Waals surface area (Å²) in [6, 6.07) is 4.65. The molecular formula is C21H21F2N3O5. The lowest BCUT2D eigenvalue weighted by molar-refractivity contribution is 0.0976. The van der Waals surface area contributed by atoms with Gasteiger partial charge in [-0.1, -0.05) is 0 Å². The molecule has 10 heteroatoms. The number of amides is 2. The number of carbonyl (C=O) groups excluding carboxylic acids is 2. The number of anilines is 1. The molecule has 1 fully saturated rings. The van der Waals surface area contributed by atoms with Gasteiger partial charge in [-0.05, 0) is 43.5 Å². The van der Waals surface area contributed by atoms with E-state index in [1.807, 2.05) is 0 Å². The van der Waals surface area contributed by atoms with Crippen LogP contribution in [0.1, 0.15) is 39.7 Å². The van der Waals surface area contributed by atoms with Crippen LogP contribution in [0.5, 0.6) is 0 Å². The number of fused-ring (bicyclic) bond motifs is 1. The minimum Gasteiger partial charge on any atom is -0.455 e. The maximum absolute atomic E-state index is 14.0. The molecule has 0 saturated carbocycles. The summed E-state index contributed by atoms with van der Waals surface area (Å²) >= 11 is 0. The number of piperidine rings is 1. The van der Waals surface area contributed by atoms with Crippen LogP contribution in [0.2, 0.25) is 0 Å². The van der Waals surface area contributed by atoms with E-state index >= 15 is 0 Å². The second kappa shape index (κ2) is 8.48. The van der Waals surface area contributed by atoms with E-state index < -0.39 is 34.8 Å². The fraction of sp³-hybridized carbons (Fsp3) is 0.333. The number of halogens is 2. The van der Waals surface area contributed by atoms with Crippen molar-refractivity contribution >= 4 is 28.5 Å². The van der Waals surface area contributed by atoms with E-state index in [0.717, 1.165) is 32.0 Å². The maximum atomic E-state index is 14.0. The number of benzene rings is 1. The number of rotatable bonds is 6. The summed E-state index contributed by atoms with van der Waals surface area (Å²) in [5, 5.41) is 11.6. The number of furan rings is 2. The third kappa shape index (κ3) is 4.30. The molecule has 1 atom stereocenters. The van der Waals surface area contributed by atoms with Crippen LogP contribution in [0.15, 0.2) is 33.1 Å². The lowest BCUT2D eigenvalue weighted by Gasteiger charge is -2.30. The van der Waals surface area contributed by atoms with Gasteiger partial charge in [0.25, 0.3) is 11.8 Å². The molecule has 4 N–H and O–H groups in total. The van der Waals surface area contributed by atoms with Crippen molar-refractivity contribution in [3.8, 4) is 0 Å². The highest BCUT2D eigenvalue weighted by Gasteiger charge is 2.25. The van der Waals surface area contributed by atoms with Gasteiger partial charge in [-0.15, -0.1) is 0 Å². The Bertz CT molecular complexity index is 1140. The molecule has 4 rings (SSSR count). The topological polar surface area (TPSA) is 122 Å². The molecule has 31 heavy (non-hydrogen) atoms. The lowest BCUT2D eigenvalue weighted by atomic mass is 9.99. The minimum atomic E-state index is -1.05. The molecule has 0 bridgehead atoms. The minimum absolute atomic E-state index is 0.0487. The lowest BCUT2D eigenvalue weighted by Crippen LogP contribution is -2.36. The predicted octanol–water partition coefficient (Wildman–Crippen LogP) is 2.86. The van der Waals surface area contributed by atoms with Gasteiger partial charge in [0.1, 0.15) is 17.3 Å². The summed E-state index contributed by atoms with van der Waals surface area (Å²) in [6.45, 7) is 2.20. The van der Waals surface area contributed by atoms with E-state index in [1.165, 1.54) is 6.07 Å². The van der Waals surface area contributed by atoms with Crippen LogP contribution in [-0.2, 0) is 6.54 Å². The van der Waals surface area contributed by atoms with Crippen LogP contribution in [-0.4, -0.2) is 41.5 Å². The van der Waals surface area contributed by atoms with E-state index in [-0.39, 0.29) is 29.4 Å². The van der Waals surface area contributed by atoms with Gasteiger partial charge in [-0.3, -0.25) is 14.5 Å². The number of likely N-dealkylation sites (tertiary alicyclic amines) is 1. The van der Waals surface area contributed by atoms with Crippen LogP contribution in [0.25, 0.3) is 11.0 Å².